The van der Waals surface area contributed by atoms with Crippen LogP contribution in [-0.4, -0.2) is 39.5 Å². The van der Waals surface area contributed by atoms with E-state index in [0.717, 1.165) is 51.1 Å². The first kappa shape index (κ1) is 25.3. The molecular weight excluding hydrogens is 502 g/mol. The van der Waals surface area contributed by atoms with Crippen molar-refractivity contribution in [3.8, 4) is 23.0 Å². The zero-order valence-corrected chi connectivity index (χ0v) is 22.7. The molecule has 0 unspecified atom stereocenters. The van der Waals surface area contributed by atoms with Crippen LogP contribution in [0.2, 0.25) is 0 Å². The minimum absolute atomic E-state index is 0.178. The Bertz CT molecular complexity index is 1660. The van der Waals surface area contributed by atoms with Crippen LogP contribution >= 0.6 is 0 Å². The number of carbonyl (C=O) groups excluding carboxylic acids is 1. The number of nitrogens with one attached hydrogen (secondary N) is 1. The van der Waals surface area contributed by atoms with Crippen LogP contribution in [0.15, 0.2) is 97.2 Å². The zero-order chi connectivity index (χ0) is 27.6. The first-order chi connectivity index (χ1) is 19.6. The van der Waals surface area contributed by atoms with Gasteiger partial charge in [-0.2, -0.15) is 5.10 Å². The molecule has 3 aromatic carbocycles. The first-order valence-corrected chi connectivity index (χ1v) is 13.2. The van der Waals surface area contributed by atoms with E-state index in [1.807, 2.05) is 108 Å². The quantitative estimate of drug-likeness (QED) is 0.299. The molecule has 40 heavy (non-hydrogen) atoms. The first-order valence-electron chi connectivity index (χ1n) is 13.2. The van der Waals surface area contributed by atoms with E-state index in [-0.39, 0.29) is 12.1 Å². The fraction of sp³-hybridized carbons (Fsp3) is 0.188. The second-order valence-electron chi connectivity index (χ2n) is 9.76. The van der Waals surface area contributed by atoms with Crippen LogP contribution in [0, 0.1) is 6.92 Å². The van der Waals surface area contributed by atoms with E-state index in [9.17, 15) is 4.79 Å². The minimum Gasteiger partial charge on any atom is -0.497 e. The lowest BCUT2D eigenvalue weighted by atomic mass is 10.0. The fourth-order valence-electron chi connectivity index (χ4n) is 5.37. The summed E-state index contributed by atoms with van der Waals surface area (Å²) in [4.78, 5) is 15.9. The number of rotatable bonds is 6. The summed E-state index contributed by atoms with van der Waals surface area (Å²) in [5.74, 6) is 2.42. The van der Waals surface area contributed by atoms with E-state index in [2.05, 4.69) is 16.0 Å². The Labute approximate surface area is 233 Å². The average molecular weight is 534 g/mol. The van der Waals surface area contributed by atoms with Crippen molar-refractivity contribution in [2.45, 2.75) is 26.1 Å². The number of nitrogens with zero attached hydrogens (tertiary/aromatic N) is 4. The van der Waals surface area contributed by atoms with Crippen molar-refractivity contribution in [2.75, 3.05) is 14.2 Å². The zero-order valence-electron chi connectivity index (χ0n) is 22.7. The molecular formula is C32H31N5O3. The van der Waals surface area contributed by atoms with Crippen LogP contribution in [0.5, 0.6) is 11.5 Å². The number of benzene rings is 3. The predicted octanol–water partition coefficient (Wildman–Crippen LogP) is 5.80. The third-order valence-electron chi connectivity index (χ3n) is 7.34. The molecule has 0 spiro atoms. The summed E-state index contributed by atoms with van der Waals surface area (Å²) in [6.07, 6.45) is 2.04. The molecule has 1 N–H and O–H groups in total. The summed E-state index contributed by atoms with van der Waals surface area (Å²) in [5, 5.41) is 8.07. The largest absolute Gasteiger partial charge is 0.497 e. The molecule has 1 aliphatic rings. The standard InChI is InChI=1S/C32H31N5O3/c1-22-28-21-36(32(38)33-20-23-10-7-14-26(18-23)39-2)30(24-11-8-15-27(19-24)40-3)29-16-9-17-35(29)31(28)37(34-22)25-12-5-4-6-13-25/h4-19,30H,20-21H2,1-3H3,(H,33,38)/t30-/m0/s1. The molecule has 0 saturated carbocycles. The van der Waals surface area contributed by atoms with E-state index in [4.69, 9.17) is 14.6 Å². The van der Waals surface area contributed by atoms with E-state index < -0.39 is 0 Å². The van der Waals surface area contributed by atoms with Gasteiger partial charge in [0.1, 0.15) is 17.3 Å². The summed E-state index contributed by atoms with van der Waals surface area (Å²) in [6.45, 7) is 2.74. The molecule has 5 aromatic rings. The molecule has 0 aliphatic carbocycles. The van der Waals surface area contributed by atoms with Gasteiger partial charge in [0.25, 0.3) is 0 Å². The lowest BCUT2D eigenvalue weighted by molar-refractivity contribution is 0.180. The summed E-state index contributed by atoms with van der Waals surface area (Å²) in [5.41, 5.74) is 5.69. The van der Waals surface area contributed by atoms with Gasteiger partial charge >= 0.3 is 6.03 Å². The van der Waals surface area contributed by atoms with Crippen molar-refractivity contribution in [3.63, 3.8) is 0 Å². The van der Waals surface area contributed by atoms with Gasteiger partial charge in [-0.25, -0.2) is 9.48 Å². The molecule has 1 aliphatic heterocycles. The number of amides is 2. The van der Waals surface area contributed by atoms with E-state index >= 15 is 0 Å². The van der Waals surface area contributed by atoms with Crippen LogP contribution < -0.4 is 14.8 Å². The second-order valence-corrected chi connectivity index (χ2v) is 9.76. The molecule has 8 heteroatoms. The number of aryl methyl sites for hydroxylation is 1. The Balaban J connectivity index is 1.47. The van der Waals surface area contributed by atoms with Crippen LogP contribution in [0.3, 0.4) is 0 Å². The van der Waals surface area contributed by atoms with E-state index in [0.29, 0.717) is 13.1 Å². The van der Waals surface area contributed by atoms with Crippen molar-refractivity contribution in [1.82, 2.24) is 24.6 Å². The van der Waals surface area contributed by atoms with Crippen molar-refractivity contribution >= 4 is 6.03 Å². The van der Waals surface area contributed by atoms with Gasteiger partial charge in [0.15, 0.2) is 0 Å². The SMILES string of the molecule is COc1cccc(CNC(=O)N2Cc3c(C)nn(-c4ccccc4)c3-n3cccc3[C@@H]2c2cccc(OC)c2)c1. The Kier molecular flexibility index (Phi) is 6.74. The lowest BCUT2D eigenvalue weighted by Crippen LogP contribution is -2.41. The van der Waals surface area contributed by atoms with Crippen molar-refractivity contribution in [1.29, 1.82) is 0 Å². The van der Waals surface area contributed by atoms with Crippen LogP contribution in [0.25, 0.3) is 11.5 Å². The number of methoxy groups -OCH3 is 2. The fourth-order valence-corrected chi connectivity index (χ4v) is 5.37. The third kappa shape index (κ3) is 4.58. The number of para-hydroxylation sites is 1. The maximum atomic E-state index is 14.1. The number of urea groups is 1. The highest BCUT2D eigenvalue weighted by molar-refractivity contribution is 5.76. The van der Waals surface area contributed by atoms with Crippen LogP contribution in [-0.2, 0) is 13.1 Å². The van der Waals surface area contributed by atoms with E-state index in [1.54, 1.807) is 14.2 Å². The molecule has 0 fully saturated rings. The highest BCUT2D eigenvalue weighted by atomic mass is 16.5. The third-order valence-corrected chi connectivity index (χ3v) is 7.34. The van der Waals surface area contributed by atoms with Gasteiger partial charge in [0, 0.05) is 18.3 Å². The molecule has 2 aromatic heterocycles. The molecule has 2 amide bonds. The topological polar surface area (TPSA) is 73.5 Å². The normalized spacial score (nSPS) is 14.2. The number of hydrogen-bond acceptors (Lipinski definition) is 4. The van der Waals surface area contributed by atoms with Gasteiger partial charge in [-0.15, -0.1) is 0 Å². The van der Waals surface area contributed by atoms with Gasteiger partial charge in [-0.05, 0) is 66.6 Å². The molecule has 6 rings (SSSR count). The summed E-state index contributed by atoms with van der Waals surface area (Å²) in [7, 11) is 3.29. The number of aromatic nitrogens is 3. The second kappa shape index (κ2) is 10.6. The molecule has 0 radical (unpaired) electrons. The maximum Gasteiger partial charge on any atom is 0.318 e. The summed E-state index contributed by atoms with van der Waals surface area (Å²) >= 11 is 0. The highest BCUT2D eigenvalue weighted by Gasteiger charge is 2.36. The monoisotopic (exact) mass is 533 g/mol. The Morgan fingerprint density at radius 1 is 0.925 bits per heavy atom. The molecule has 3 heterocycles. The van der Waals surface area contributed by atoms with Gasteiger partial charge < -0.3 is 24.3 Å². The lowest BCUT2D eigenvalue weighted by Gasteiger charge is -2.31. The Hall–Kier alpha value is -4.98. The van der Waals surface area contributed by atoms with Gasteiger partial charge in [0.05, 0.1) is 43.9 Å². The number of carbonyl (C=O) groups is 1. The summed E-state index contributed by atoms with van der Waals surface area (Å²) in [6, 6.07) is 29.2. The molecule has 8 nitrogen and oxygen atoms in total. The number of fused-ring (bicyclic) bond motifs is 3. The van der Waals surface area contributed by atoms with Crippen molar-refractivity contribution < 1.29 is 14.3 Å². The maximum absolute atomic E-state index is 14.1. The average Bonchev–Trinajstić information content (AvgIpc) is 3.56. The molecule has 1 atom stereocenters. The van der Waals surface area contributed by atoms with Crippen LogP contribution in [0.1, 0.15) is 34.1 Å². The van der Waals surface area contributed by atoms with Crippen LogP contribution in [0.4, 0.5) is 4.79 Å². The van der Waals surface area contributed by atoms with Crippen molar-refractivity contribution in [2.24, 2.45) is 0 Å². The number of ether oxygens (including phenoxy) is 2. The summed E-state index contributed by atoms with van der Waals surface area (Å²) < 4.78 is 15.0. The van der Waals surface area contributed by atoms with Gasteiger partial charge in [-0.1, -0.05) is 42.5 Å². The van der Waals surface area contributed by atoms with Gasteiger partial charge in [0.2, 0.25) is 0 Å². The Morgan fingerprint density at radius 3 is 2.45 bits per heavy atom. The van der Waals surface area contributed by atoms with Crippen molar-refractivity contribution in [3.05, 3.63) is 125 Å². The predicted molar refractivity (Wildman–Crippen MR) is 153 cm³/mol. The smallest absolute Gasteiger partial charge is 0.318 e. The molecule has 202 valence electrons. The van der Waals surface area contributed by atoms with E-state index in [1.165, 1.54) is 0 Å². The molecule has 0 bridgehead atoms. The number of hydrogen-bond donors (Lipinski definition) is 1. The van der Waals surface area contributed by atoms with Gasteiger partial charge in [-0.3, -0.25) is 0 Å². The minimum atomic E-state index is -0.369. The Morgan fingerprint density at radius 2 is 1.68 bits per heavy atom. The highest BCUT2D eigenvalue weighted by Crippen LogP contribution is 2.39. The molecule has 0 saturated heterocycles.